The van der Waals surface area contributed by atoms with Gasteiger partial charge in [0.1, 0.15) is 11.3 Å². The first-order valence-corrected chi connectivity index (χ1v) is 9.18. The smallest absolute Gasteiger partial charge is 0.271 e. The molecular formula is C21H22N4O2. The molecule has 3 aromatic rings. The Morgan fingerprint density at radius 3 is 2.67 bits per heavy atom. The van der Waals surface area contributed by atoms with Gasteiger partial charge in [0.25, 0.3) is 5.91 Å². The van der Waals surface area contributed by atoms with Gasteiger partial charge in [0, 0.05) is 38.4 Å². The van der Waals surface area contributed by atoms with Crippen LogP contribution in [-0.2, 0) is 17.9 Å². The van der Waals surface area contributed by atoms with Gasteiger partial charge < -0.3 is 14.6 Å². The minimum Gasteiger partial charge on any atom is -0.347 e. The summed E-state index contributed by atoms with van der Waals surface area (Å²) in [5, 5.41) is 2.92. The number of hydrogen-bond acceptors (Lipinski definition) is 3. The number of imidazole rings is 1. The van der Waals surface area contributed by atoms with Gasteiger partial charge in [-0.15, -0.1) is 0 Å². The van der Waals surface area contributed by atoms with E-state index in [-0.39, 0.29) is 11.8 Å². The zero-order valence-corrected chi connectivity index (χ0v) is 15.3. The summed E-state index contributed by atoms with van der Waals surface area (Å²) in [7, 11) is 0. The molecule has 0 bridgehead atoms. The van der Waals surface area contributed by atoms with Gasteiger partial charge in [-0.05, 0) is 36.1 Å². The van der Waals surface area contributed by atoms with Crippen LogP contribution in [0.5, 0.6) is 0 Å². The Bertz CT molecular complexity index is 991. The fourth-order valence-corrected chi connectivity index (χ4v) is 3.39. The van der Waals surface area contributed by atoms with Crippen LogP contribution in [0.1, 0.15) is 40.0 Å². The first kappa shape index (κ1) is 17.3. The molecule has 0 saturated carbocycles. The van der Waals surface area contributed by atoms with Crippen LogP contribution in [0.25, 0.3) is 5.65 Å². The van der Waals surface area contributed by atoms with Gasteiger partial charge in [0.15, 0.2) is 0 Å². The number of nitrogens with zero attached hydrogens (tertiary/aromatic N) is 3. The molecule has 138 valence electrons. The van der Waals surface area contributed by atoms with Crippen LogP contribution < -0.4 is 5.32 Å². The van der Waals surface area contributed by atoms with E-state index in [1.807, 2.05) is 58.8 Å². The Hall–Kier alpha value is -3.15. The van der Waals surface area contributed by atoms with Gasteiger partial charge >= 0.3 is 0 Å². The highest BCUT2D eigenvalue weighted by molar-refractivity contribution is 5.92. The monoisotopic (exact) mass is 362 g/mol. The van der Waals surface area contributed by atoms with Crippen molar-refractivity contribution in [1.29, 1.82) is 0 Å². The predicted molar refractivity (Wildman–Crippen MR) is 102 cm³/mol. The zero-order valence-electron chi connectivity index (χ0n) is 15.3. The van der Waals surface area contributed by atoms with Crippen LogP contribution in [0.4, 0.5) is 0 Å². The Kier molecular flexibility index (Phi) is 4.62. The van der Waals surface area contributed by atoms with E-state index in [9.17, 15) is 9.59 Å². The Labute approximate surface area is 157 Å². The van der Waals surface area contributed by atoms with Gasteiger partial charge in [0.2, 0.25) is 5.91 Å². The predicted octanol–water partition coefficient (Wildman–Crippen LogP) is 2.70. The number of pyridine rings is 1. The van der Waals surface area contributed by atoms with Crippen LogP contribution in [-0.4, -0.2) is 32.6 Å². The SMILES string of the molecule is Cc1cccn2cc(C(=O)NCc3ccc(CN4CCCC4=O)cc3)nc12. The summed E-state index contributed by atoms with van der Waals surface area (Å²) in [5.41, 5.74) is 4.36. The molecule has 1 aliphatic heterocycles. The number of likely N-dealkylation sites (tertiary alicyclic amines) is 1. The maximum Gasteiger partial charge on any atom is 0.271 e. The number of aryl methyl sites for hydroxylation is 1. The lowest BCUT2D eigenvalue weighted by atomic mass is 10.1. The summed E-state index contributed by atoms with van der Waals surface area (Å²) in [6.45, 7) is 3.91. The lowest BCUT2D eigenvalue weighted by molar-refractivity contribution is -0.128. The van der Waals surface area contributed by atoms with Crippen molar-refractivity contribution < 1.29 is 9.59 Å². The summed E-state index contributed by atoms with van der Waals surface area (Å²) in [5.74, 6) is 0.0406. The molecule has 1 aliphatic rings. The molecule has 0 unspecified atom stereocenters. The van der Waals surface area contributed by atoms with Gasteiger partial charge in [-0.1, -0.05) is 30.3 Å². The number of rotatable bonds is 5. The third-order valence-corrected chi connectivity index (χ3v) is 4.93. The van der Waals surface area contributed by atoms with Gasteiger partial charge in [-0.25, -0.2) is 4.98 Å². The third-order valence-electron chi connectivity index (χ3n) is 4.93. The van der Waals surface area contributed by atoms with Crippen molar-refractivity contribution in [2.24, 2.45) is 0 Å². The molecule has 1 N–H and O–H groups in total. The molecule has 0 radical (unpaired) electrons. The molecule has 0 atom stereocenters. The number of carbonyl (C=O) groups is 2. The highest BCUT2D eigenvalue weighted by atomic mass is 16.2. The summed E-state index contributed by atoms with van der Waals surface area (Å²) in [6, 6.07) is 11.9. The minimum atomic E-state index is -0.190. The molecule has 2 aromatic heterocycles. The Morgan fingerprint density at radius 2 is 1.96 bits per heavy atom. The normalized spacial score (nSPS) is 14.1. The number of carbonyl (C=O) groups excluding carboxylic acids is 2. The lowest BCUT2D eigenvalue weighted by Gasteiger charge is -2.15. The molecule has 2 amide bonds. The van der Waals surface area contributed by atoms with Crippen LogP contribution in [0, 0.1) is 6.92 Å². The van der Waals surface area contributed by atoms with E-state index in [1.165, 1.54) is 0 Å². The number of amides is 2. The molecule has 1 aromatic carbocycles. The molecule has 6 nitrogen and oxygen atoms in total. The summed E-state index contributed by atoms with van der Waals surface area (Å²) in [4.78, 5) is 30.4. The third kappa shape index (κ3) is 3.69. The maximum atomic E-state index is 12.4. The van der Waals surface area contributed by atoms with E-state index < -0.39 is 0 Å². The molecule has 1 fully saturated rings. The van der Waals surface area contributed by atoms with Crippen molar-refractivity contribution in [3.8, 4) is 0 Å². The Balaban J connectivity index is 1.37. The van der Waals surface area contributed by atoms with Crippen molar-refractivity contribution in [2.75, 3.05) is 6.54 Å². The van der Waals surface area contributed by atoms with Crippen molar-refractivity contribution >= 4 is 17.5 Å². The van der Waals surface area contributed by atoms with E-state index in [1.54, 1.807) is 6.20 Å². The zero-order chi connectivity index (χ0) is 18.8. The number of aromatic nitrogens is 2. The lowest BCUT2D eigenvalue weighted by Crippen LogP contribution is -2.24. The molecule has 6 heteroatoms. The number of fused-ring (bicyclic) bond motifs is 1. The van der Waals surface area contributed by atoms with Crippen molar-refractivity contribution in [3.63, 3.8) is 0 Å². The highest BCUT2D eigenvalue weighted by Crippen LogP contribution is 2.15. The second kappa shape index (κ2) is 7.23. The molecule has 1 saturated heterocycles. The standard InChI is InChI=1S/C21H22N4O2/c1-15-4-2-11-25-14-18(23-20(15)25)21(27)22-12-16-6-8-17(9-7-16)13-24-10-3-5-19(24)26/h2,4,6-9,11,14H,3,5,10,12-13H2,1H3,(H,22,27). The van der Waals surface area contributed by atoms with Crippen molar-refractivity contribution in [1.82, 2.24) is 19.6 Å². The second-order valence-electron chi connectivity index (χ2n) is 6.97. The second-order valence-corrected chi connectivity index (χ2v) is 6.97. The molecule has 0 spiro atoms. The van der Waals surface area contributed by atoms with Crippen LogP contribution in [0.15, 0.2) is 48.8 Å². The maximum absolute atomic E-state index is 12.4. The molecular weight excluding hydrogens is 340 g/mol. The fraction of sp³-hybridized carbons (Fsp3) is 0.286. The average Bonchev–Trinajstić information content (AvgIpc) is 3.28. The van der Waals surface area contributed by atoms with Gasteiger partial charge in [-0.3, -0.25) is 9.59 Å². The summed E-state index contributed by atoms with van der Waals surface area (Å²) >= 11 is 0. The first-order valence-electron chi connectivity index (χ1n) is 9.18. The van der Waals surface area contributed by atoms with E-state index in [2.05, 4.69) is 10.3 Å². The van der Waals surface area contributed by atoms with E-state index in [0.717, 1.165) is 35.3 Å². The van der Waals surface area contributed by atoms with E-state index in [0.29, 0.717) is 25.2 Å². The number of hydrogen-bond donors (Lipinski definition) is 1. The number of nitrogens with one attached hydrogen (secondary N) is 1. The quantitative estimate of drug-likeness (QED) is 0.759. The molecule has 4 rings (SSSR count). The average molecular weight is 362 g/mol. The van der Waals surface area contributed by atoms with Crippen LogP contribution in [0.3, 0.4) is 0 Å². The topological polar surface area (TPSA) is 66.7 Å². The van der Waals surface area contributed by atoms with E-state index in [4.69, 9.17) is 0 Å². The van der Waals surface area contributed by atoms with Crippen molar-refractivity contribution in [3.05, 3.63) is 71.2 Å². The van der Waals surface area contributed by atoms with Gasteiger partial charge in [-0.2, -0.15) is 0 Å². The number of benzene rings is 1. The molecule has 3 heterocycles. The minimum absolute atomic E-state index is 0.190. The largest absolute Gasteiger partial charge is 0.347 e. The first-order chi connectivity index (χ1) is 13.1. The molecule has 27 heavy (non-hydrogen) atoms. The van der Waals surface area contributed by atoms with Crippen molar-refractivity contribution in [2.45, 2.75) is 32.9 Å². The van der Waals surface area contributed by atoms with Gasteiger partial charge in [0.05, 0.1) is 0 Å². The summed E-state index contributed by atoms with van der Waals surface area (Å²) < 4.78 is 1.86. The fourth-order valence-electron chi connectivity index (χ4n) is 3.39. The van der Waals surface area contributed by atoms with E-state index >= 15 is 0 Å². The van der Waals surface area contributed by atoms with Crippen LogP contribution in [0.2, 0.25) is 0 Å². The highest BCUT2D eigenvalue weighted by Gasteiger charge is 2.19. The Morgan fingerprint density at radius 1 is 1.19 bits per heavy atom. The van der Waals surface area contributed by atoms with Crippen LogP contribution >= 0.6 is 0 Å². The molecule has 0 aliphatic carbocycles. The summed E-state index contributed by atoms with van der Waals surface area (Å²) in [6.07, 6.45) is 5.24.